The van der Waals surface area contributed by atoms with Gasteiger partial charge in [-0.05, 0) is 49.9 Å². The van der Waals surface area contributed by atoms with Crippen LogP contribution in [0.2, 0.25) is 5.02 Å². The van der Waals surface area contributed by atoms with Gasteiger partial charge in [-0.3, -0.25) is 9.69 Å². The molecule has 1 aromatic rings. The molecule has 0 aromatic carbocycles. The Morgan fingerprint density at radius 2 is 2.19 bits per heavy atom. The second kappa shape index (κ2) is 7.20. The quantitative estimate of drug-likeness (QED) is 0.874. The summed E-state index contributed by atoms with van der Waals surface area (Å²) in [4.78, 5) is 18.2. The smallest absolute Gasteiger partial charge is 0.239 e. The number of likely N-dealkylation sites (tertiary alicyclic amines) is 1. The fourth-order valence-electron chi connectivity index (χ4n) is 2.64. The zero-order valence-corrected chi connectivity index (χ0v) is 13.1. The number of carbonyl (C=O) groups excluding carboxylic acids is 1. The number of aromatic nitrogens is 1. The summed E-state index contributed by atoms with van der Waals surface area (Å²) in [5.41, 5.74) is 0.0463. The lowest BCUT2D eigenvalue weighted by atomic mass is 9.77. The number of hydrogen-bond donors (Lipinski definition) is 2. The number of anilines is 1. The van der Waals surface area contributed by atoms with Crippen molar-refractivity contribution < 1.29 is 9.90 Å². The molecular formula is C15H22ClN3O2. The Morgan fingerprint density at radius 1 is 1.48 bits per heavy atom. The number of amides is 1. The number of aliphatic hydroxyl groups is 1. The van der Waals surface area contributed by atoms with Gasteiger partial charge in [-0.2, -0.15) is 0 Å². The first kappa shape index (κ1) is 16.2. The molecule has 2 N–H and O–H groups in total. The van der Waals surface area contributed by atoms with Crippen LogP contribution in [0, 0.1) is 5.41 Å². The molecule has 1 fully saturated rings. The zero-order valence-electron chi connectivity index (χ0n) is 12.3. The lowest BCUT2D eigenvalue weighted by Crippen LogP contribution is -2.44. The third-order valence-corrected chi connectivity index (χ3v) is 4.59. The summed E-state index contributed by atoms with van der Waals surface area (Å²) in [5.74, 6) is 0.442. The Kier molecular flexibility index (Phi) is 5.56. The highest BCUT2D eigenvalue weighted by atomic mass is 35.5. The van der Waals surface area contributed by atoms with Crippen molar-refractivity contribution in [1.29, 1.82) is 0 Å². The van der Waals surface area contributed by atoms with E-state index in [-0.39, 0.29) is 17.9 Å². The van der Waals surface area contributed by atoms with Gasteiger partial charge in [0.25, 0.3) is 0 Å². The van der Waals surface area contributed by atoms with Gasteiger partial charge in [0.2, 0.25) is 5.91 Å². The number of nitrogens with zero attached hydrogens (tertiary/aromatic N) is 2. The molecule has 1 amide bonds. The van der Waals surface area contributed by atoms with E-state index in [2.05, 4.69) is 22.1 Å². The molecule has 0 atom stereocenters. The summed E-state index contributed by atoms with van der Waals surface area (Å²) in [7, 11) is 0. The van der Waals surface area contributed by atoms with Crippen LogP contribution in [0.5, 0.6) is 0 Å². The van der Waals surface area contributed by atoms with Gasteiger partial charge in [-0.15, -0.1) is 0 Å². The lowest BCUT2D eigenvalue weighted by Gasteiger charge is -2.39. The Hall–Kier alpha value is -1.17. The number of piperidine rings is 1. The first-order chi connectivity index (χ1) is 10.1. The third-order valence-electron chi connectivity index (χ3n) is 4.36. The predicted octanol–water partition coefficient (Wildman–Crippen LogP) is 2.16. The highest BCUT2D eigenvalue weighted by Crippen LogP contribution is 2.33. The molecule has 0 spiro atoms. The van der Waals surface area contributed by atoms with Gasteiger partial charge in [0.15, 0.2) is 0 Å². The van der Waals surface area contributed by atoms with Gasteiger partial charge in [-0.25, -0.2) is 4.98 Å². The van der Waals surface area contributed by atoms with Crippen LogP contribution < -0.4 is 5.32 Å². The first-order valence-corrected chi connectivity index (χ1v) is 7.69. The molecule has 6 heteroatoms. The summed E-state index contributed by atoms with van der Waals surface area (Å²) in [6.07, 6.45) is 4.37. The van der Waals surface area contributed by atoms with E-state index in [9.17, 15) is 9.90 Å². The predicted molar refractivity (Wildman–Crippen MR) is 83.4 cm³/mol. The maximum Gasteiger partial charge on any atom is 0.239 e. The molecule has 0 aliphatic carbocycles. The number of halogens is 1. The molecule has 1 aliphatic rings. The molecule has 0 bridgehead atoms. The van der Waals surface area contributed by atoms with Gasteiger partial charge in [-0.1, -0.05) is 18.5 Å². The SMILES string of the molecule is CCC1(CO)CCN(CC(=O)Nc2ccc(Cl)cn2)CC1. The van der Waals surface area contributed by atoms with Crippen LogP contribution in [0.25, 0.3) is 0 Å². The van der Waals surface area contributed by atoms with E-state index in [1.54, 1.807) is 12.1 Å². The number of rotatable bonds is 5. The molecule has 2 rings (SSSR count). The minimum atomic E-state index is -0.0715. The standard InChI is InChI=1S/C15H22ClN3O2/c1-2-15(11-20)5-7-19(8-6-15)10-14(21)18-13-4-3-12(16)9-17-13/h3-4,9,20H,2,5-8,10-11H2,1H3,(H,17,18,21). The van der Waals surface area contributed by atoms with Gasteiger partial charge in [0.1, 0.15) is 5.82 Å². The van der Waals surface area contributed by atoms with Crippen molar-refractivity contribution in [2.24, 2.45) is 5.41 Å². The van der Waals surface area contributed by atoms with E-state index in [4.69, 9.17) is 11.6 Å². The van der Waals surface area contributed by atoms with Crippen LogP contribution in [0.4, 0.5) is 5.82 Å². The maximum absolute atomic E-state index is 12.0. The van der Waals surface area contributed by atoms with Crippen LogP contribution >= 0.6 is 11.6 Å². The summed E-state index contributed by atoms with van der Waals surface area (Å²) in [6, 6.07) is 3.38. The van der Waals surface area contributed by atoms with Gasteiger partial charge in [0.05, 0.1) is 11.6 Å². The first-order valence-electron chi connectivity index (χ1n) is 7.31. The van der Waals surface area contributed by atoms with E-state index in [1.807, 2.05) is 0 Å². The Balaban J connectivity index is 1.80. The Labute approximate surface area is 130 Å². The van der Waals surface area contributed by atoms with Crippen LogP contribution in [-0.2, 0) is 4.79 Å². The maximum atomic E-state index is 12.0. The normalized spacial score (nSPS) is 18.4. The topological polar surface area (TPSA) is 65.5 Å². The van der Waals surface area contributed by atoms with Crippen LogP contribution in [0.3, 0.4) is 0 Å². The number of carbonyl (C=O) groups is 1. The number of hydrogen-bond acceptors (Lipinski definition) is 4. The van der Waals surface area contributed by atoms with E-state index in [1.165, 1.54) is 6.20 Å². The molecule has 0 radical (unpaired) electrons. The van der Waals surface area contributed by atoms with Crippen LogP contribution in [0.1, 0.15) is 26.2 Å². The molecule has 1 aliphatic heterocycles. The number of pyridine rings is 1. The van der Waals surface area contributed by atoms with Gasteiger partial charge in [0, 0.05) is 12.8 Å². The Bertz CT molecular complexity index is 464. The van der Waals surface area contributed by atoms with Crippen molar-refractivity contribution in [1.82, 2.24) is 9.88 Å². The molecule has 1 saturated heterocycles. The van der Waals surface area contributed by atoms with Crippen LogP contribution in [0.15, 0.2) is 18.3 Å². The molecule has 116 valence electrons. The number of nitrogens with one attached hydrogen (secondary N) is 1. The second-order valence-corrected chi connectivity index (χ2v) is 6.13. The molecule has 0 unspecified atom stereocenters. The van der Waals surface area contributed by atoms with Crippen molar-refractivity contribution in [3.8, 4) is 0 Å². The average molecular weight is 312 g/mol. The molecule has 5 nitrogen and oxygen atoms in total. The van der Waals surface area contributed by atoms with Gasteiger partial charge < -0.3 is 10.4 Å². The van der Waals surface area contributed by atoms with Crippen LogP contribution in [-0.4, -0.2) is 47.1 Å². The van der Waals surface area contributed by atoms with E-state index >= 15 is 0 Å². The molecule has 0 saturated carbocycles. The summed E-state index contributed by atoms with van der Waals surface area (Å²) in [5, 5.41) is 12.8. The molecule has 21 heavy (non-hydrogen) atoms. The monoisotopic (exact) mass is 311 g/mol. The highest BCUT2D eigenvalue weighted by Gasteiger charge is 2.32. The number of aliphatic hydroxyl groups excluding tert-OH is 1. The van der Waals surface area contributed by atoms with Crippen molar-refractivity contribution in [2.75, 3.05) is 31.6 Å². The average Bonchev–Trinajstić information content (AvgIpc) is 2.51. The molecule has 2 heterocycles. The summed E-state index contributed by atoms with van der Waals surface area (Å²) < 4.78 is 0. The fraction of sp³-hybridized carbons (Fsp3) is 0.600. The molecular weight excluding hydrogens is 290 g/mol. The van der Waals surface area contributed by atoms with Gasteiger partial charge >= 0.3 is 0 Å². The highest BCUT2D eigenvalue weighted by molar-refractivity contribution is 6.30. The zero-order chi connectivity index (χ0) is 15.3. The summed E-state index contributed by atoms with van der Waals surface area (Å²) >= 11 is 5.75. The summed E-state index contributed by atoms with van der Waals surface area (Å²) in [6.45, 7) is 4.39. The third kappa shape index (κ3) is 4.40. The van der Waals surface area contributed by atoms with E-state index in [0.29, 0.717) is 17.4 Å². The van der Waals surface area contributed by atoms with Crippen molar-refractivity contribution >= 4 is 23.3 Å². The van der Waals surface area contributed by atoms with E-state index < -0.39 is 0 Å². The Morgan fingerprint density at radius 3 is 2.71 bits per heavy atom. The fourth-order valence-corrected chi connectivity index (χ4v) is 2.76. The second-order valence-electron chi connectivity index (χ2n) is 5.70. The minimum absolute atomic E-state index is 0.0463. The van der Waals surface area contributed by atoms with Crippen molar-refractivity contribution in [3.05, 3.63) is 23.4 Å². The largest absolute Gasteiger partial charge is 0.396 e. The van der Waals surface area contributed by atoms with E-state index in [0.717, 1.165) is 32.4 Å². The van der Waals surface area contributed by atoms with Crippen molar-refractivity contribution in [2.45, 2.75) is 26.2 Å². The van der Waals surface area contributed by atoms with Crippen molar-refractivity contribution in [3.63, 3.8) is 0 Å². The lowest BCUT2D eigenvalue weighted by molar-refractivity contribution is -0.118. The minimum Gasteiger partial charge on any atom is -0.396 e. The molecule has 1 aromatic heterocycles.